The van der Waals surface area contributed by atoms with Gasteiger partial charge in [0.15, 0.2) is 0 Å². The van der Waals surface area contributed by atoms with Crippen molar-refractivity contribution in [3.05, 3.63) is 53.7 Å². The number of alkyl halides is 2. The van der Waals surface area contributed by atoms with Crippen molar-refractivity contribution in [2.75, 3.05) is 19.0 Å². The second-order valence-electron chi connectivity index (χ2n) is 4.97. The zero-order chi connectivity index (χ0) is 16.8. The molecule has 5 nitrogen and oxygen atoms in total. The molecule has 2 aromatic rings. The number of nitrogens with zero attached hydrogens (tertiary/aromatic N) is 2. The molecule has 1 aromatic heterocycles. The Morgan fingerprint density at radius 2 is 2.09 bits per heavy atom. The summed E-state index contributed by atoms with van der Waals surface area (Å²) in [5, 5.41) is 2.74. The minimum absolute atomic E-state index is 0.0528. The van der Waals surface area contributed by atoms with Gasteiger partial charge in [0.25, 0.3) is 5.91 Å². The van der Waals surface area contributed by atoms with Crippen molar-refractivity contribution in [3.8, 4) is 5.75 Å². The number of hydrogen-bond acceptors (Lipinski definition) is 4. The van der Waals surface area contributed by atoms with E-state index in [0.29, 0.717) is 0 Å². The molecule has 0 saturated heterocycles. The summed E-state index contributed by atoms with van der Waals surface area (Å²) >= 11 is 0. The maximum atomic E-state index is 12.2. The Morgan fingerprint density at radius 3 is 2.78 bits per heavy atom. The predicted octanol–water partition coefficient (Wildman–Crippen LogP) is 2.68. The van der Waals surface area contributed by atoms with E-state index in [-0.39, 0.29) is 23.8 Å². The van der Waals surface area contributed by atoms with Gasteiger partial charge < -0.3 is 15.0 Å². The summed E-state index contributed by atoms with van der Waals surface area (Å²) in [5.41, 5.74) is 1.10. The summed E-state index contributed by atoms with van der Waals surface area (Å²) in [7, 11) is 3.72. The molecule has 0 radical (unpaired) electrons. The minimum Gasteiger partial charge on any atom is -0.435 e. The fourth-order valence-corrected chi connectivity index (χ4v) is 2.06. The number of rotatable bonds is 6. The van der Waals surface area contributed by atoms with Gasteiger partial charge in [0, 0.05) is 38.0 Å². The summed E-state index contributed by atoms with van der Waals surface area (Å²) < 4.78 is 28.7. The van der Waals surface area contributed by atoms with E-state index in [2.05, 4.69) is 15.0 Å². The number of hydrogen-bond donors (Lipinski definition) is 1. The van der Waals surface area contributed by atoms with Crippen LogP contribution in [0.2, 0.25) is 0 Å². The third-order valence-electron chi connectivity index (χ3n) is 3.05. The molecule has 122 valence electrons. The molecule has 0 fully saturated rings. The van der Waals surface area contributed by atoms with Gasteiger partial charge >= 0.3 is 6.61 Å². The highest BCUT2D eigenvalue weighted by atomic mass is 19.3. The first-order valence-electron chi connectivity index (χ1n) is 6.91. The Kier molecular flexibility index (Phi) is 5.46. The molecule has 23 heavy (non-hydrogen) atoms. The van der Waals surface area contributed by atoms with Gasteiger partial charge in [-0.25, -0.2) is 4.98 Å². The maximum absolute atomic E-state index is 12.2. The highest BCUT2D eigenvalue weighted by molar-refractivity contribution is 5.94. The highest BCUT2D eigenvalue weighted by Gasteiger charge is 2.11. The van der Waals surface area contributed by atoms with E-state index >= 15 is 0 Å². The SMILES string of the molecule is CN(C)c1ncccc1CNC(=O)c1cccc(OC(F)F)c1. The molecule has 0 unspecified atom stereocenters. The number of nitrogens with one attached hydrogen (secondary N) is 1. The number of benzene rings is 1. The zero-order valence-electron chi connectivity index (χ0n) is 12.8. The number of amides is 1. The van der Waals surface area contributed by atoms with Gasteiger partial charge in [-0.15, -0.1) is 0 Å². The molecule has 0 saturated carbocycles. The van der Waals surface area contributed by atoms with E-state index < -0.39 is 6.61 Å². The van der Waals surface area contributed by atoms with Crippen LogP contribution < -0.4 is 15.0 Å². The molecule has 0 atom stereocenters. The lowest BCUT2D eigenvalue weighted by molar-refractivity contribution is -0.0498. The van der Waals surface area contributed by atoms with Crippen LogP contribution in [0.15, 0.2) is 42.6 Å². The number of ether oxygens (including phenoxy) is 1. The molecular formula is C16H17F2N3O2. The predicted molar refractivity (Wildman–Crippen MR) is 82.8 cm³/mol. The summed E-state index contributed by atoms with van der Waals surface area (Å²) in [6.07, 6.45) is 1.67. The van der Waals surface area contributed by atoms with Gasteiger partial charge in [0.2, 0.25) is 0 Å². The molecule has 0 bridgehead atoms. The third kappa shape index (κ3) is 4.64. The van der Waals surface area contributed by atoms with Gasteiger partial charge in [-0.2, -0.15) is 8.78 Å². The van der Waals surface area contributed by atoms with Crippen molar-refractivity contribution < 1.29 is 18.3 Å². The quantitative estimate of drug-likeness (QED) is 0.889. The fraction of sp³-hybridized carbons (Fsp3) is 0.250. The minimum atomic E-state index is -2.92. The van der Waals surface area contributed by atoms with Gasteiger partial charge in [0.05, 0.1) is 0 Å². The van der Waals surface area contributed by atoms with Crippen LogP contribution in [0.3, 0.4) is 0 Å². The molecule has 0 aliphatic carbocycles. The molecule has 0 aliphatic rings. The third-order valence-corrected chi connectivity index (χ3v) is 3.05. The summed E-state index contributed by atoms with van der Waals surface area (Å²) in [5.74, 6) is 0.323. The van der Waals surface area contributed by atoms with Crippen LogP contribution in [0.5, 0.6) is 5.75 Å². The summed E-state index contributed by atoms with van der Waals surface area (Å²) in [4.78, 5) is 18.2. The Hall–Kier alpha value is -2.70. The van der Waals surface area contributed by atoms with Crippen LogP contribution in [-0.4, -0.2) is 31.6 Å². The van der Waals surface area contributed by atoms with Gasteiger partial charge in [0.1, 0.15) is 11.6 Å². The first-order valence-corrected chi connectivity index (χ1v) is 6.91. The first kappa shape index (κ1) is 16.7. The average Bonchev–Trinajstić information content (AvgIpc) is 2.52. The molecule has 1 aromatic carbocycles. The van der Waals surface area contributed by atoms with Crippen LogP contribution >= 0.6 is 0 Å². The van der Waals surface area contributed by atoms with Crippen molar-refractivity contribution in [1.82, 2.24) is 10.3 Å². The van der Waals surface area contributed by atoms with E-state index in [1.165, 1.54) is 24.3 Å². The normalized spacial score (nSPS) is 10.5. The van der Waals surface area contributed by atoms with Crippen molar-refractivity contribution in [1.29, 1.82) is 0 Å². The first-order chi connectivity index (χ1) is 11.0. The Balaban J connectivity index is 2.06. The van der Waals surface area contributed by atoms with Crippen LogP contribution in [-0.2, 0) is 6.54 Å². The lowest BCUT2D eigenvalue weighted by Gasteiger charge is -2.16. The molecule has 0 spiro atoms. The monoisotopic (exact) mass is 321 g/mol. The van der Waals surface area contributed by atoms with Crippen LogP contribution in [0.1, 0.15) is 15.9 Å². The molecular weight excluding hydrogens is 304 g/mol. The largest absolute Gasteiger partial charge is 0.435 e. The Bertz CT molecular complexity index is 678. The second kappa shape index (κ2) is 7.53. The summed E-state index contributed by atoms with van der Waals surface area (Å²) in [6, 6.07) is 9.31. The van der Waals surface area contributed by atoms with Crippen molar-refractivity contribution in [2.24, 2.45) is 0 Å². The van der Waals surface area contributed by atoms with Gasteiger partial charge in [-0.05, 0) is 24.3 Å². The molecule has 2 rings (SSSR count). The van der Waals surface area contributed by atoms with Gasteiger partial charge in [-0.3, -0.25) is 4.79 Å². The number of carbonyl (C=O) groups excluding carboxylic acids is 1. The number of halogens is 2. The van der Waals surface area contributed by atoms with Crippen molar-refractivity contribution >= 4 is 11.7 Å². The van der Waals surface area contributed by atoms with Crippen LogP contribution in [0.4, 0.5) is 14.6 Å². The second-order valence-corrected chi connectivity index (χ2v) is 4.97. The van der Waals surface area contributed by atoms with Gasteiger partial charge in [-0.1, -0.05) is 12.1 Å². The molecule has 7 heteroatoms. The molecule has 1 N–H and O–H groups in total. The van der Waals surface area contributed by atoms with E-state index in [9.17, 15) is 13.6 Å². The van der Waals surface area contributed by atoms with E-state index in [1.54, 1.807) is 12.3 Å². The number of pyridine rings is 1. The molecule has 1 heterocycles. The summed E-state index contributed by atoms with van der Waals surface area (Å²) in [6.45, 7) is -2.65. The Labute approximate surface area is 132 Å². The maximum Gasteiger partial charge on any atom is 0.387 e. The fourth-order valence-electron chi connectivity index (χ4n) is 2.06. The van der Waals surface area contributed by atoms with Crippen LogP contribution in [0, 0.1) is 0 Å². The zero-order valence-corrected chi connectivity index (χ0v) is 12.8. The number of aromatic nitrogens is 1. The highest BCUT2D eigenvalue weighted by Crippen LogP contribution is 2.17. The lowest BCUT2D eigenvalue weighted by Crippen LogP contribution is -2.24. The topological polar surface area (TPSA) is 54.5 Å². The van der Waals surface area contributed by atoms with E-state index in [4.69, 9.17) is 0 Å². The number of anilines is 1. The van der Waals surface area contributed by atoms with Crippen molar-refractivity contribution in [3.63, 3.8) is 0 Å². The van der Waals surface area contributed by atoms with Crippen molar-refractivity contribution in [2.45, 2.75) is 13.2 Å². The smallest absolute Gasteiger partial charge is 0.387 e. The Morgan fingerprint density at radius 1 is 1.30 bits per heavy atom. The van der Waals surface area contributed by atoms with Crippen LogP contribution in [0.25, 0.3) is 0 Å². The standard InChI is InChI=1S/C16H17F2N3O2/c1-21(2)14-12(6-4-8-19-14)10-20-15(22)11-5-3-7-13(9-11)23-16(17)18/h3-9,16H,10H2,1-2H3,(H,20,22). The van der Waals surface area contributed by atoms with E-state index in [1.807, 2.05) is 25.1 Å². The molecule has 0 aliphatic heterocycles. The molecule has 1 amide bonds. The average molecular weight is 321 g/mol. The van der Waals surface area contributed by atoms with E-state index in [0.717, 1.165) is 11.4 Å². The lowest BCUT2D eigenvalue weighted by atomic mass is 10.2. The number of carbonyl (C=O) groups is 1.